The predicted octanol–water partition coefficient (Wildman–Crippen LogP) is 4.27. The number of carbonyl (C=O) groups is 3. The Morgan fingerprint density at radius 1 is 1.19 bits per heavy atom. The maximum Gasteiger partial charge on any atom is 0.340 e. The van der Waals surface area contributed by atoms with Crippen LogP contribution < -0.4 is 4.74 Å². The molecule has 0 aliphatic rings. The quantitative estimate of drug-likeness (QED) is 0.378. The monoisotopic (exact) mass is 456 g/mol. The van der Waals surface area contributed by atoms with Crippen molar-refractivity contribution in [3.8, 4) is 5.75 Å². The number of thiazole rings is 1. The number of esters is 2. The van der Waals surface area contributed by atoms with E-state index in [1.807, 2.05) is 5.38 Å². The molecule has 1 aromatic carbocycles. The Morgan fingerprint density at radius 2 is 1.97 bits per heavy atom. The number of aryl methyl sites for hydroxylation is 1. The first kappa shape index (κ1) is 23.2. The fraction of sp³-hybridized carbons (Fsp3) is 0.304. The average molecular weight is 457 g/mol. The van der Waals surface area contributed by atoms with E-state index in [1.165, 1.54) is 18.3 Å². The van der Waals surface area contributed by atoms with Crippen LogP contribution in [-0.4, -0.2) is 40.4 Å². The number of aromatic nitrogens is 2. The molecule has 0 bridgehead atoms. The first-order chi connectivity index (χ1) is 15.3. The van der Waals surface area contributed by atoms with Gasteiger partial charge in [0.15, 0.2) is 6.10 Å². The molecule has 2 heterocycles. The summed E-state index contributed by atoms with van der Waals surface area (Å²) < 4.78 is 16.1. The van der Waals surface area contributed by atoms with Gasteiger partial charge in [-0.15, -0.1) is 11.3 Å². The summed E-state index contributed by atoms with van der Waals surface area (Å²) in [6, 6.07) is 6.52. The highest BCUT2D eigenvalue weighted by Crippen LogP contribution is 2.22. The number of nitrogens with zero attached hydrogens (tertiary/aromatic N) is 1. The van der Waals surface area contributed by atoms with E-state index < -0.39 is 23.8 Å². The van der Waals surface area contributed by atoms with Crippen LogP contribution in [0, 0.1) is 13.8 Å². The van der Waals surface area contributed by atoms with Crippen LogP contribution in [0.1, 0.15) is 62.0 Å². The normalized spacial score (nSPS) is 11.6. The number of nitrogens with one attached hydrogen (secondary N) is 1. The van der Waals surface area contributed by atoms with Crippen LogP contribution in [0.5, 0.6) is 5.75 Å². The number of rotatable bonds is 9. The molecule has 1 atom stereocenters. The Bertz CT molecular complexity index is 1120. The summed E-state index contributed by atoms with van der Waals surface area (Å²) >= 11 is 1.47. The maximum atomic E-state index is 12.9. The molecule has 0 radical (unpaired) electrons. The number of Topliss-reactive ketones (excluding diaryl/α,β-unsaturated/α-hetero) is 1. The fourth-order valence-corrected chi connectivity index (χ4v) is 3.71. The largest absolute Gasteiger partial charge is 0.487 e. The molecular formula is C23H24N2O6S. The minimum Gasteiger partial charge on any atom is -0.487 e. The van der Waals surface area contributed by atoms with Crippen LogP contribution in [-0.2, 0) is 16.1 Å². The Kier molecular flexibility index (Phi) is 7.42. The summed E-state index contributed by atoms with van der Waals surface area (Å²) in [5.41, 5.74) is 4.28. The first-order valence-electron chi connectivity index (χ1n) is 10.0. The second-order valence-electron chi connectivity index (χ2n) is 7.05. The molecule has 0 aliphatic carbocycles. The Balaban J connectivity index is 1.68. The van der Waals surface area contributed by atoms with Crippen molar-refractivity contribution in [3.05, 3.63) is 68.9 Å². The molecule has 0 saturated carbocycles. The number of carbonyl (C=O) groups excluding carboxylic acids is 3. The van der Waals surface area contributed by atoms with Gasteiger partial charge in [-0.2, -0.15) is 0 Å². The van der Waals surface area contributed by atoms with Crippen molar-refractivity contribution in [2.45, 2.75) is 40.4 Å². The van der Waals surface area contributed by atoms with Crippen molar-refractivity contribution in [2.75, 3.05) is 6.61 Å². The van der Waals surface area contributed by atoms with E-state index in [4.69, 9.17) is 14.2 Å². The van der Waals surface area contributed by atoms with Crippen molar-refractivity contribution in [3.63, 3.8) is 0 Å². The van der Waals surface area contributed by atoms with Crippen LogP contribution in [0.15, 0.2) is 35.2 Å². The van der Waals surface area contributed by atoms with Crippen molar-refractivity contribution in [2.24, 2.45) is 0 Å². The van der Waals surface area contributed by atoms with Gasteiger partial charge in [0.2, 0.25) is 5.78 Å². The lowest BCUT2D eigenvalue weighted by atomic mass is 10.1. The number of benzene rings is 1. The Hall–Kier alpha value is -3.46. The van der Waals surface area contributed by atoms with Gasteiger partial charge in [-0.25, -0.2) is 14.6 Å². The summed E-state index contributed by atoms with van der Waals surface area (Å²) in [4.78, 5) is 44.7. The lowest BCUT2D eigenvalue weighted by molar-refractivity contribution is 0.0316. The Labute approximate surface area is 189 Å². The van der Waals surface area contributed by atoms with Crippen LogP contribution in [0.3, 0.4) is 0 Å². The molecule has 0 fully saturated rings. The smallest absolute Gasteiger partial charge is 0.340 e. The van der Waals surface area contributed by atoms with Crippen LogP contribution in [0.2, 0.25) is 0 Å². The van der Waals surface area contributed by atoms with Crippen LogP contribution in [0.25, 0.3) is 0 Å². The number of H-pyrrole nitrogens is 1. The van der Waals surface area contributed by atoms with Crippen molar-refractivity contribution >= 4 is 29.1 Å². The van der Waals surface area contributed by atoms with Crippen LogP contribution >= 0.6 is 11.3 Å². The lowest BCUT2D eigenvalue weighted by Crippen LogP contribution is -2.25. The van der Waals surface area contributed by atoms with Crippen molar-refractivity contribution in [1.29, 1.82) is 0 Å². The second kappa shape index (κ2) is 10.2. The summed E-state index contributed by atoms with van der Waals surface area (Å²) in [6.45, 7) is 7.05. The summed E-state index contributed by atoms with van der Waals surface area (Å²) in [6.07, 6.45) is -1.06. The zero-order chi connectivity index (χ0) is 23.3. The predicted molar refractivity (Wildman–Crippen MR) is 118 cm³/mol. The molecule has 1 N–H and O–H groups in total. The van der Waals surface area contributed by atoms with Gasteiger partial charge in [0.05, 0.1) is 34.6 Å². The van der Waals surface area contributed by atoms with E-state index in [2.05, 4.69) is 9.97 Å². The van der Waals surface area contributed by atoms with E-state index in [-0.39, 0.29) is 24.5 Å². The molecule has 2 aromatic heterocycles. The highest BCUT2D eigenvalue weighted by atomic mass is 32.1. The van der Waals surface area contributed by atoms with Crippen LogP contribution in [0.4, 0.5) is 0 Å². The Morgan fingerprint density at radius 3 is 2.66 bits per heavy atom. The van der Waals surface area contributed by atoms with E-state index in [0.717, 1.165) is 5.69 Å². The molecule has 168 valence electrons. The molecule has 3 aromatic rings. The van der Waals surface area contributed by atoms with E-state index in [1.54, 1.807) is 50.5 Å². The van der Waals surface area contributed by atoms with Gasteiger partial charge < -0.3 is 19.2 Å². The zero-order valence-electron chi connectivity index (χ0n) is 18.3. The van der Waals surface area contributed by atoms with Gasteiger partial charge >= 0.3 is 11.9 Å². The third-order valence-corrected chi connectivity index (χ3v) is 5.39. The molecule has 1 unspecified atom stereocenters. The second-order valence-corrected chi connectivity index (χ2v) is 7.77. The molecule has 32 heavy (non-hydrogen) atoms. The molecular weight excluding hydrogens is 432 g/mol. The number of hydrogen-bond acceptors (Lipinski definition) is 8. The molecule has 3 rings (SSSR count). The molecule has 0 spiro atoms. The standard InChI is InChI=1S/C23H24N2O6S/c1-5-29-23(28)19-13(2)20(25-14(19)3)21(26)15(4)31-22(27)16-7-6-8-18(9-16)30-10-17-11-32-12-24-17/h6-9,11-12,15,25H,5,10H2,1-4H3. The minimum absolute atomic E-state index is 0.214. The number of ether oxygens (including phenoxy) is 3. The third-order valence-electron chi connectivity index (χ3n) is 4.76. The molecule has 0 aliphatic heterocycles. The maximum absolute atomic E-state index is 12.9. The minimum atomic E-state index is -1.06. The fourth-order valence-electron chi connectivity index (χ4n) is 3.17. The zero-order valence-corrected chi connectivity index (χ0v) is 19.1. The first-order valence-corrected chi connectivity index (χ1v) is 11.0. The third kappa shape index (κ3) is 5.23. The van der Waals surface area contributed by atoms with Gasteiger partial charge in [-0.1, -0.05) is 6.07 Å². The highest BCUT2D eigenvalue weighted by molar-refractivity contribution is 7.07. The highest BCUT2D eigenvalue weighted by Gasteiger charge is 2.27. The van der Waals surface area contributed by atoms with Gasteiger partial charge in [0.25, 0.3) is 0 Å². The van der Waals surface area contributed by atoms with E-state index in [9.17, 15) is 14.4 Å². The number of hydrogen-bond donors (Lipinski definition) is 1. The van der Waals surface area contributed by atoms with Gasteiger partial charge in [-0.05, 0) is 51.5 Å². The van der Waals surface area contributed by atoms with Gasteiger partial charge in [-0.3, -0.25) is 4.79 Å². The van der Waals surface area contributed by atoms with Gasteiger partial charge in [0.1, 0.15) is 12.4 Å². The van der Waals surface area contributed by atoms with E-state index >= 15 is 0 Å². The lowest BCUT2D eigenvalue weighted by Gasteiger charge is -2.13. The molecule has 9 heteroatoms. The van der Waals surface area contributed by atoms with Crippen molar-refractivity contribution < 1.29 is 28.6 Å². The van der Waals surface area contributed by atoms with Gasteiger partial charge in [0, 0.05) is 11.1 Å². The summed E-state index contributed by atoms with van der Waals surface area (Å²) in [7, 11) is 0. The summed E-state index contributed by atoms with van der Waals surface area (Å²) in [5.74, 6) is -1.11. The molecule has 0 saturated heterocycles. The van der Waals surface area contributed by atoms with Crippen molar-refractivity contribution in [1.82, 2.24) is 9.97 Å². The molecule has 0 amide bonds. The summed E-state index contributed by atoms with van der Waals surface area (Å²) in [5, 5.41) is 1.88. The topological polar surface area (TPSA) is 108 Å². The van der Waals surface area contributed by atoms with E-state index in [0.29, 0.717) is 22.6 Å². The number of ketones is 1. The number of aromatic amines is 1. The average Bonchev–Trinajstić information content (AvgIpc) is 3.39. The molecule has 8 nitrogen and oxygen atoms in total. The SMILES string of the molecule is CCOC(=O)c1c(C)[nH]c(C(=O)C(C)OC(=O)c2cccc(OCc3cscn3)c2)c1C.